The van der Waals surface area contributed by atoms with Crippen molar-refractivity contribution in [1.82, 2.24) is 29.7 Å². The fourth-order valence-electron chi connectivity index (χ4n) is 5.05. The van der Waals surface area contributed by atoms with Crippen molar-refractivity contribution in [1.29, 1.82) is 0 Å². The number of amides is 2. The summed E-state index contributed by atoms with van der Waals surface area (Å²) in [5.41, 5.74) is 3.37. The third kappa shape index (κ3) is 4.43. The summed E-state index contributed by atoms with van der Waals surface area (Å²) in [6, 6.07) is 1.70. The first-order valence-electron chi connectivity index (χ1n) is 12.5. The minimum atomic E-state index is -0.159. The second-order valence-electron chi connectivity index (χ2n) is 9.37. The molecule has 5 heterocycles. The minimum Gasteiger partial charge on any atom is -0.445 e. The van der Waals surface area contributed by atoms with Gasteiger partial charge in [0.2, 0.25) is 0 Å². The van der Waals surface area contributed by atoms with E-state index >= 15 is 0 Å². The summed E-state index contributed by atoms with van der Waals surface area (Å²) in [7, 11) is 0. The Morgan fingerprint density at radius 3 is 2.39 bits per heavy atom. The molecule has 0 bridgehead atoms. The second-order valence-corrected chi connectivity index (χ2v) is 9.37. The van der Waals surface area contributed by atoms with Crippen molar-refractivity contribution in [2.75, 3.05) is 39.4 Å². The number of oxazole rings is 1. The Hall–Kier alpha value is -3.47. The van der Waals surface area contributed by atoms with Crippen LogP contribution in [0.25, 0.3) is 11.3 Å². The second kappa shape index (κ2) is 9.88. The van der Waals surface area contributed by atoms with Crippen molar-refractivity contribution in [3.05, 3.63) is 40.5 Å². The molecule has 3 aromatic heterocycles. The van der Waals surface area contributed by atoms with E-state index in [4.69, 9.17) is 13.7 Å². The third-order valence-corrected chi connectivity index (χ3v) is 7.10. The predicted molar refractivity (Wildman–Crippen MR) is 129 cm³/mol. The van der Waals surface area contributed by atoms with Gasteiger partial charge in [-0.15, -0.1) is 0 Å². The van der Waals surface area contributed by atoms with Crippen LogP contribution in [0.2, 0.25) is 0 Å². The molecule has 0 atom stereocenters. The number of ether oxygens (including phenoxy) is 1. The first-order valence-corrected chi connectivity index (χ1v) is 12.5. The lowest BCUT2D eigenvalue weighted by atomic mass is 9.96. The molecule has 36 heavy (non-hydrogen) atoms. The van der Waals surface area contributed by atoms with E-state index in [-0.39, 0.29) is 23.4 Å². The molecule has 0 saturated carbocycles. The number of carbonyl (C=O) groups excluding carboxylic acids is 2. The highest BCUT2D eigenvalue weighted by Gasteiger charge is 2.32. The molecule has 0 unspecified atom stereocenters. The van der Waals surface area contributed by atoms with E-state index in [2.05, 4.69) is 15.2 Å². The molecule has 2 saturated heterocycles. The number of likely N-dealkylation sites (tertiary alicyclic amines) is 1. The van der Waals surface area contributed by atoms with Crippen LogP contribution in [0.4, 0.5) is 0 Å². The molecule has 2 amide bonds. The number of carbonyl (C=O) groups is 2. The van der Waals surface area contributed by atoms with Gasteiger partial charge in [-0.2, -0.15) is 5.10 Å². The predicted octanol–water partition coefficient (Wildman–Crippen LogP) is 2.96. The number of nitrogens with zero attached hydrogens (tertiary/aromatic N) is 6. The quantitative estimate of drug-likeness (QED) is 0.529. The standard InChI is InChI=1S/C25H32N6O5/c1-5-31-16(3)21(15(2)27-31)20-14-19(28-36-20)24(32)29-8-6-18(7-9-29)23-26-22(17(4)35-23)25(33)30-10-12-34-13-11-30/h14,18H,5-13H2,1-4H3. The van der Waals surface area contributed by atoms with Gasteiger partial charge in [-0.3, -0.25) is 14.3 Å². The van der Waals surface area contributed by atoms with Gasteiger partial charge in [0.25, 0.3) is 11.8 Å². The molecule has 2 aliphatic heterocycles. The molecule has 0 radical (unpaired) electrons. The summed E-state index contributed by atoms with van der Waals surface area (Å²) in [5, 5.41) is 8.58. The molecular weight excluding hydrogens is 464 g/mol. The highest BCUT2D eigenvalue weighted by molar-refractivity contribution is 5.94. The van der Waals surface area contributed by atoms with Gasteiger partial charge in [-0.1, -0.05) is 5.16 Å². The molecule has 192 valence electrons. The fraction of sp³-hybridized carbons (Fsp3) is 0.560. The Kier molecular flexibility index (Phi) is 6.65. The molecule has 11 heteroatoms. The van der Waals surface area contributed by atoms with Crippen molar-refractivity contribution < 1.29 is 23.3 Å². The monoisotopic (exact) mass is 496 g/mol. The average Bonchev–Trinajstić information content (AvgIpc) is 3.61. The van der Waals surface area contributed by atoms with Gasteiger partial charge in [0.1, 0.15) is 5.76 Å². The zero-order chi connectivity index (χ0) is 25.4. The molecule has 0 aromatic carbocycles. The molecule has 0 aliphatic carbocycles. The summed E-state index contributed by atoms with van der Waals surface area (Å²) in [5.74, 6) is 1.43. The lowest BCUT2D eigenvalue weighted by molar-refractivity contribution is 0.0298. The maximum atomic E-state index is 13.1. The van der Waals surface area contributed by atoms with Crippen molar-refractivity contribution in [3.63, 3.8) is 0 Å². The van der Waals surface area contributed by atoms with Gasteiger partial charge >= 0.3 is 0 Å². The normalized spacial score (nSPS) is 17.1. The Balaban J connectivity index is 1.23. The first kappa shape index (κ1) is 24.2. The lowest BCUT2D eigenvalue weighted by Gasteiger charge is -2.30. The average molecular weight is 497 g/mol. The van der Waals surface area contributed by atoms with Gasteiger partial charge < -0.3 is 23.5 Å². The van der Waals surface area contributed by atoms with Crippen LogP contribution in [-0.4, -0.2) is 80.9 Å². The van der Waals surface area contributed by atoms with Crippen LogP contribution >= 0.6 is 0 Å². The highest BCUT2D eigenvalue weighted by atomic mass is 16.5. The van der Waals surface area contributed by atoms with E-state index < -0.39 is 0 Å². The lowest BCUT2D eigenvalue weighted by Crippen LogP contribution is -2.41. The van der Waals surface area contributed by atoms with Crippen molar-refractivity contribution in [2.45, 2.75) is 53.0 Å². The van der Waals surface area contributed by atoms with Gasteiger partial charge in [-0.05, 0) is 40.5 Å². The van der Waals surface area contributed by atoms with E-state index in [1.54, 1.807) is 22.8 Å². The molecular formula is C25H32N6O5. The van der Waals surface area contributed by atoms with Crippen molar-refractivity contribution >= 4 is 11.8 Å². The van der Waals surface area contributed by atoms with Gasteiger partial charge in [0, 0.05) is 50.4 Å². The number of rotatable bonds is 5. The zero-order valence-electron chi connectivity index (χ0n) is 21.2. The maximum absolute atomic E-state index is 13.1. The van der Waals surface area contributed by atoms with E-state index in [1.165, 1.54) is 0 Å². The summed E-state index contributed by atoms with van der Waals surface area (Å²) >= 11 is 0. The molecule has 0 spiro atoms. The minimum absolute atomic E-state index is 0.0528. The van der Waals surface area contributed by atoms with Crippen LogP contribution < -0.4 is 0 Å². The van der Waals surface area contributed by atoms with E-state index in [1.807, 2.05) is 25.5 Å². The SMILES string of the molecule is CCn1nc(C)c(-c2cc(C(=O)N3CCC(c4nc(C(=O)N5CCOCC5)c(C)o4)CC3)no2)c1C. The van der Waals surface area contributed by atoms with Crippen LogP contribution in [-0.2, 0) is 11.3 Å². The Morgan fingerprint density at radius 1 is 1.03 bits per heavy atom. The van der Waals surface area contributed by atoms with Crippen LogP contribution in [0.5, 0.6) is 0 Å². The number of morpholine rings is 1. The fourth-order valence-corrected chi connectivity index (χ4v) is 5.05. The molecule has 3 aromatic rings. The number of hydrogen-bond acceptors (Lipinski definition) is 8. The smallest absolute Gasteiger partial charge is 0.276 e. The largest absolute Gasteiger partial charge is 0.445 e. The highest BCUT2D eigenvalue weighted by Crippen LogP contribution is 2.31. The van der Waals surface area contributed by atoms with Crippen molar-refractivity contribution in [3.8, 4) is 11.3 Å². The van der Waals surface area contributed by atoms with Gasteiger partial charge in [-0.25, -0.2) is 4.98 Å². The molecule has 2 aliphatic rings. The summed E-state index contributed by atoms with van der Waals surface area (Å²) in [6.45, 7) is 11.8. The maximum Gasteiger partial charge on any atom is 0.276 e. The molecule has 5 rings (SSSR count). The number of aromatic nitrogens is 4. The zero-order valence-corrected chi connectivity index (χ0v) is 21.2. The van der Waals surface area contributed by atoms with Crippen LogP contribution in [0.3, 0.4) is 0 Å². The Morgan fingerprint density at radius 2 is 1.72 bits per heavy atom. The van der Waals surface area contributed by atoms with Gasteiger partial charge in [0.05, 0.1) is 24.5 Å². The molecule has 0 N–H and O–H groups in total. The molecule has 2 fully saturated rings. The molecule has 11 nitrogen and oxygen atoms in total. The van der Waals surface area contributed by atoms with Crippen molar-refractivity contribution in [2.24, 2.45) is 0 Å². The first-order chi connectivity index (χ1) is 17.4. The van der Waals surface area contributed by atoms with E-state index in [0.29, 0.717) is 75.3 Å². The number of hydrogen-bond donors (Lipinski definition) is 0. The van der Waals surface area contributed by atoms with E-state index in [0.717, 1.165) is 23.5 Å². The van der Waals surface area contributed by atoms with Crippen LogP contribution in [0.15, 0.2) is 15.0 Å². The summed E-state index contributed by atoms with van der Waals surface area (Å²) in [4.78, 5) is 34.1. The number of piperidine rings is 1. The third-order valence-electron chi connectivity index (χ3n) is 7.10. The number of aryl methyl sites for hydroxylation is 3. The summed E-state index contributed by atoms with van der Waals surface area (Å²) < 4.78 is 18.7. The Labute approximate surface area is 209 Å². The van der Waals surface area contributed by atoms with E-state index in [9.17, 15) is 9.59 Å². The van der Waals surface area contributed by atoms with Crippen LogP contribution in [0, 0.1) is 20.8 Å². The topological polar surface area (TPSA) is 120 Å². The summed E-state index contributed by atoms with van der Waals surface area (Å²) in [6.07, 6.45) is 1.39. The van der Waals surface area contributed by atoms with Crippen LogP contribution in [0.1, 0.15) is 69.7 Å². The van der Waals surface area contributed by atoms with Gasteiger partial charge in [0.15, 0.2) is 23.0 Å². The Bertz CT molecular complexity index is 1260.